The van der Waals surface area contributed by atoms with Crippen LogP contribution in [-0.2, 0) is 10.0 Å². The third-order valence-electron chi connectivity index (χ3n) is 4.25. The second kappa shape index (κ2) is 6.71. The highest BCUT2D eigenvalue weighted by molar-refractivity contribution is 7.89. The minimum Gasteiger partial charge on any atom is -0.264 e. The maximum absolute atomic E-state index is 12.0. The zero-order valence-corrected chi connectivity index (χ0v) is 14.3. The minimum absolute atomic E-state index is 0.0684. The number of hydrogen-bond donors (Lipinski definition) is 1. The summed E-state index contributed by atoms with van der Waals surface area (Å²) in [6, 6.07) is 11.1. The number of nitrogens with zero attached hydrogens (tertiary/aromatic N) is 2. The molecule has 1 aliphatic carbocycles. The summed E-state index contributed by atoms with van der Waals surface area (Å²) in [6.07, 6.45) is 5.54. The van der Waals surface area contributed by atoms with Gasteiger partial charge in [-0.3, -0.25) is 4.98 Å². The number of hydrogen-bond acceptors (Lipinski definition) is 4. The Bertz CT molecular complexity index is 866. The second-order valence-electron chi connectivity index (χ2n) is 6.03. The Labute approximate surface area is 142 Å². The number of rotatable bonds is 6. The molecule has 2 aromatic rings. The molecule has 124 valence electrons. The standard InChI is InChI=1S/C18H19N3O2S/c1-2-24(22,23)21-18(15-7-8-15)17-9-16(11-20-12-17)14-5-3-13(10-19)4-6-14/h3-6,9,11-12,15,18,21H,2,7-8H2,1H3/t18-/m0/s1. The van der Waals surface area contributed by atoms with Crippen LogP contribution in [0.4, 0.5) is 0 Å². The van der Waals surface area contributed by atoms with Gasteiger partial charge in [-0.05, 0) is 55.0 Å². The quantitative estimate of drug-likeness (QED) is 0.875. The third-order valence-corrected chi connectivity index (χ3v) is 5.62. The van der Waals surface area contributed by atoms with Gasteiger partial charge in [0.1, 0.15) is 0 Å². The van der Waals surface area contributed by atoms with Crippen LogP contribution in [0.5, 0.6) is 0 Å². The summed E-state index contributed by atoms with van der Waals surface area (Å²) in [6.45, 7) is 1.64. The molecule has 0 amide bonds. The van der Waals surface area contributed by atoms with Crippen molar-refractivity contribution in [1.82, 2.24) is 9.71 Å². The van der Waals surface area contributed by atoms with E-state index in [0.717, 1.165) is 29.5 Å². The van der Waals surface area contributed by atoms with Crippen molar-refractivity contribution in [1.29, 1.82) is 5.26 Å². The molecule has 0 bridgehead atoms. The summed E-state index contributed by atoms with van der Waals surface area (Å²) in [7, 11) is -3.27. The molecule has 0 aliphatic heterocycles. The lowest BCUT2D eigenvalue weighted by molar-refractivity contribution is 0.529. The molecule has 0 spiro atoms. The number of pyridine rings is 1. The molecule has 5 nitrogen and oxygen atoms in total. The molecule has 0 saturated heterocycles. The number of benzene rings is 1. The molecule has 6 heteroatoms. The predicted molar refractivity (Wildman–Crippen MR) is 92.4 cm³/mol. The average Bonchev–Trinajstić information content (AvgIpc) is 3.45. The Morgan fingerprint density at radius 1 is 1.25 bits per heavy atom. The molecule has 24 heavy (non-hydrogen) atoms. The lowest BCUT2D eigenvalue weighted by Crippen LogP contribution is -2.31. The lowest BCUT2D eigenvalue weighted by atomic mass is 10.00. The molecule has 1 aromatic heterocycles. The van der Waals surface area contributed by atoms with Gasteiger partial charge in [0.05, 0.1) is 23.4 Å². The highest BCUT2D eigenvalue weighted by Gasteiger charge is 2.35. The molecular formula is C18H19N3O2S. The van der Waals surface area contributed by atoms with Gasteiger partial charge in [-0.2, -0.15) is 5.26 Å². The molecule has 1 aliphatic rings. The Balaban J connectivity index is 1.91. The lowest BCUT2D eigenvalue weighted by Gasteiger charge is -2.18. The van der Waals surface area contributed by atoms with Crippen molar-refractivity contribution in [2.45, 2.75) is 25.8 Å². The normalized spacial score (nSPS) is 15.7. The van der Waals surface area contributed by atoms with E-state index in [1.54, 1.807) is 31.5 Å². The zero-order valence-electron chi connectivity index (χ0n) is 13.4. The Kier molecular flexibility index (Phi) is 4.65. The van der Waals surface area contributed by atoms with Crippen molar-refractivity contribution < 1.29 is 8.42 Å². The van der Waals surface area contributed by atoms with E-state index in [4.69, 9.17) is 5.26 Å². The third kappa shape index (κ3) is 3.81. The summed E-state index contributed by atoms with van der Waals surface area (Å²) < 4.78 is 26.8. The summed E-state index contributed by atoms with van der Waals surface area (Å²) >= 11 is 0. The van der Waals surface area contributed by atoms with Gasteiger partial charge in [-0.15, -0.1) is 0 Å². The molecule has 1 atom stereocenters. The minimum atomic E-state index is -3.27. The fraction of sp³-hybridized carbons (Fsp3) is 0.333. The van der Waals surface area contributed by atoms with Crippen LogP contribution in [0.25, 0.3) is 11.1 Å². The van der Waals surface area contributed by atoms with Crippen molar-refractivity contribution in [3.63, 3.8) is 0 Å². The molecular weight excluding hydrogens is 322 g/mol. The van der Waals surface area contributed by atoms with E-state index in [0.29, 0.717) is 11.5 Å². The van der Waals surface area contributed by atoms with E-state index in [1.807, 2.05) is 18.2 Å². The van der Waals surface area contributed by atoms with E-state index in [2.05, 4.69) is 15.8 Å². The predicted octanol–water partition coefficient (Wildman–Crippen LogP) is 3.01. The van der Waals surface area contributed by atoms with Crippen LogP contribution in [-0.4, -0.2) is 19.2 Å². The SMILES string of the molecule is CCS(=O)(=O)N[C@H](c1cncc(-c2ccc(C#N)cc2)c1)C1CC1. The average molecular weight is 341 g/mol. The monoisotopic (exact) mass is 341 g/mol. The molecule has 0 radical (unpaired) electrons. The van der Waals surface area contributed by atoms with Crippen LogP contribution in [0, 0.1) is 17.2 Å². The fourth-order valence-electron chi connectivity index (χ4n) is 2.67. The van der Waals surface area contributed by atoms with Gasteiger partial charge < -0.3 is 0 Å². The van der Waals surface area contributed by atoms with Crippen molar-refractivity contribution in [2.24, 2.45) is 5.92 Å². The van der Waals surface area contributed by atoms with Crippen LogP contribution < -0.4 is 4.72 Å². The van der Waals surface area contributed by atoms with Gasteiger partial charge in [0, 0.05) is 18.0 Å². The van der Waals surface area contributed by atoms with Gasteiger partial charge >= 0.3 is 0 Å². The van der Waals surface area contributed by atoms with Gasteiger partial charge in [0.15, 0.2) is 0 Å². The Morgan fingerprint density at radius 2 is 1.96 bits per heavy atom. The molecule has 1 N–H and O–H groups in total. The van der Waals surface area contributed by atoms with E-state index in [-0.39, 0.29) is 11.8 Å². The molecule has 1 heterocycles. The molecule has 1 aromatic carbocycles. The fourth-order valence-corrected chi connectivity index (χ4v) is 3.55. The summed E-state index contributed by atoms with van der Waals surface area (Å²) in [5.74, 6) is 0.406. The maximum atomic E-state index is 12.0. The van der Waals surface area contributed by atoms with Crippen molar-refractivity contribution in [2.75, 3.05) is 5.75 Å². The van der Waals surface area contributed by atoms with Crippen LogP contribution in [0.2, 0.25) is 0 Å². The van der Waals surface area contributed by atoms with Gasteiger partial charge in [0.25, 0.3) is 0 Å². The Hall–Kier alpha value is -2.23. The van der Waals surface area contributed by atoms with Gasteiger partial charge in [0.2, 0.25) is 10.0 Å². The van der Waals surface area contributed by atoms with Crippen LogP contribution in [0.1, 0.15) is 36.9 Å². The first-order valence-corrected chi connectivity index (χ1v) is 9.63. The topological polar surface area (TPSA) is 82.8 Å². The Morgan fingerprint density at radius 3 is 2.54 bits per heavy atom. The first-order valence-electron chi connectivity index (χ1n) is 7.98. The van der Waals surface area contributed by atoms with Crippen molar-refractivity contribution in [3.05, 3.63) is 53.9 Å². The molecule has 1 fully saturated rings. The van der Waals surface area contributed by atoms with E-state index in [1.165, 1.54) is 0 Å². The zero-order chi connectivity index (χ0) is 17.2. The summed E-state index contributed by atoms with van der Waals surface area (Å²) in [5, 5.41) is 8.89. The highest BCUT2D eigenvalue weighted by atomic mass is 32.2. The summed E-state index contributed by atoms with van der Waals surface area (Å²) in [5.41, 5.74) is 3.36. The number of sulfonamides is 1. The maximum Gasteiger partial charge on any atom is 0.211 e. The molecule has 0 unspecified atom stereocenters. The highest BCUT2D eigenvalue weighted by Crippen LogP contribution is 2.41. The number of nitrogens with one attached hydrogen (secondary N) is 1. The summed E-state index contributed by atoms with van der Waals surface area (Å²) in [4.78, 5) is 4.29. The first kappa shape index (κ1) is 16.6. The van der Waals surface area contributed by atoms with Crippen LogP contribution >= 0.6 is 0 Å². The van der Waals surface area contributed by atoms with E-state index in [9.17, 15) is 8.42 Å². The van der Waals surface area contributed by atoms with Crippen LogP contribution in [0.15, 0.2) is 42.7 Å². The second-order valence-corrected chi connectivity index (χ2v) is 8.08. The van der Waals surface area contributed by atoms with Gasteiger partial charge in [-0.1, -0.05) is 12.1 Å². The van der Waals surface area contributed by atoms with Crippen LogP contribution in [0.3, 0.4) is 0 Å². The number of aromatic nitrogens is 1. The molecule has 1 saturated carbocycles. The molecule has 3 rings (SSSR count). The van der Waals surface area contributed by atoms with Crippen molar-refractivity contribution >= 4 is 10.0 Å². The van der Waals surface area contributed by atoms with Gasteiger partial charge in [-0.25, -0.2) is 13.1 Å². The van der Waals surface area contributed by atoms with E-state index < -0.39 is 10.0 Å². The smallest absolute Gasteiger partial charge is 0.211 e. The van der Waals surface area contributed by atoms with E-state index >= 15 is 0 Å². The van der Waals surface area contributed by atoms with Crippen molar-refractivity contribution in [3.8, 4) is 17.2 Å². The largest absolute Gasteiger partial charge is 0.264 e. The number of nitriles is 1. The first-order chi connectivity index (χ1) is 11.5.